The van der Waals surface area contributed by atoms with Gasteiger partial charge in [-0.3, -0.25) is 4.90 Å². The standard InChI is InChI=1S/C11H11FN2O2/c1-11(7-15)6-14(10(16)13-11)9-4-2-8(12)3-5-9/h2-5,7H,6H2,1H3,(H,13,16). The van der Waals surface area contributed by atoms with Crippen molar-refractivity contribution in [1.82, 2.24) is 5.32 Å². The summed E-state index contributed by atoms with van der Waals surface area (Å²) in [6.07, 6.45) is 0.703. The molecule has 4 nitrogen and oxygen atoms in total. The molecule has 84 valence electrons. The number of hydrogen-bond acceptors (Lipinski definition) is 2. The molecule has 1 N–H and O–H groups in total. The Morgan fingerprint density at radius 1 is 1.44 bits per heavy atom. The molecule has 1 aromatic rings. The third-order valence-corrected chi connectivity index (χ3v) is 2.52. The highest BCUT2D eigenvalue weighted by atomic mass is 19.1. The van der Waals surface area contributed by atoms with Gasteiger partial charge in [0.2, 0.25) is 0 Å². The van der Waals surface area contributed by atoms with Gasteiger partial charge in [-0.15, -0.1) is 0 Å². The van der Waals surface area contributed by atoms with Crippen LogP contribution in [0.15, 0.2) is 24.3 Å². The van der Waals surface area contributed by atoms with Crippen molar-refractivity contribution >= 4 is 18.0 Å². The van der Waals surface area contributed by atoms with Gasteiger partial charge in [-0.2, -0.15) is 0 Å². The van der Waals surface area contributed by atoms with Crippen LogP contribution in [0.4, 0.5) is 14.9 Å². The number of amides is 2. The summed E-state index contributed by atoms with van der Waals surface area (Å²) in [4.78, 5) is 23.8. The molecule has 1 atom stereocenters. The number of carbonyl (C=O) groups is 2. The Labute approximate surface area is 92.0 Å². The van der Waals surface area contributed by atoms with Crippen LogP contribution in [0.3, 0.4) is 0 Å². The maximum absolute atomic E-state index is 12.7. The predicted octanol–water partition coefficient (Wildman–Crippen LogP) is 1.31. The number of benzene rings is 1. The van der Waals surface area contributed by atoms with Crippen molar-refractivity contribution in [2.45, 2.75) is 12.5 Å². The predicted molar refractivity (Wildman–Crippen MR) is 56.7 cm³/mol. The number of aldehydes is 1. The van der Waals surface area contributed by atoms with Gasteiger partial charge in [-0.1, -0.05) is 0 Å². The molecule has 16 heavy (non-hydrogen) atoms. The first-order valence-corrected chi connectivity index (χ1v) is 4.86. The fourth-order valence-electron chi connectivity index (χ4n) is 1.65. The van der Waals surface area contributed by atoms with Gasteiger partial charge in [-0.05, 0) is 31.2 Å². The van der Waals surface area contributed by atoms with Crippen molar-refractivity contribution in [3.8, 4) is 0 Å². The van der Waals surface area contributed by atoms with Crippen LogP contribution in [0.2, 0.25) is 0 Å². The van der Waals surface area contributed by atoms with Crippen LogP contribution in [0.5, 0.6) is 0 Å². The molecule has 1 fully saturated rings. The summed E-state index contributed by atoms with van der Waals surface area (Å²) in [6.45, 7) is 1.89. The Morgan fingerprint density at radius 3 is 2.56 bits per heavy atom. The minimum atomic E-state index is -0.870. The summed E-state index contributed by atoms with van der Waals surface area (Å²) in [5.41, 5.74) is -0.296. The zero-order valence-electron chi connectivity index (χ0n) is 8.74. The lowest BCUT2D eigenvalue weighted by Crippen LogP contribution is -2.41. The molecule has 1 saturated heterocycles. The summed E-state index contributed by atoms with van der Waals surface area (Å²) < 4.78 is 12.7. The van der Waals surface area contributed by atoms with E-state index < -0.39 is 5.54 Å². The van der Waals surface area contributed by atoms with Crippen molar-refractivity contribution in [2.75, 3.05) is 11.4 Å². The fourth-order valence-corrected chi connectivity index (χ4v) is 1.65. The molecule has 5 heteroatoms. The van der Waals surface area contributed by atoms with E-state index in [-0.39, 0.29) is 18.4 Å². The molecule has 2 amide bonds. The molecule has 1 heterocycles. The maximum atomic E-state index is 12.7. The Hall–Kier alpha value is -1.91. The second-order valence-electron chi connectivity index (χ2n) is 4.03. The van der Waals surface area contributed by atoms with E-state index in [1.165, 1.54) is 29.2 Å². The second kappa shape index (κ2) is 3.59. The Balaban J connectivity index is 2.26. The van der Waals surface area contributed by atoms with Gasteiger partial charge in [0.15, 0.2) is 0 Å². The van der Waals surface area contributed by atoms with E-state index in [2.05, 4.69) is 5.32 Å². The van der Waals surface area contributed by atoms with Crippen LogP contribution in [0, 0.1) is 5.82 Å². The molecule has 2 rings (SSSR count). The number of carbonyl (C=O) groups excluding carboxylic acids is 2. The lowest BCUT2D eigenvalue weighted by Gasteiger charge is -2.16. The van der Waals surface area contributed by atoms with E-state index >= 15 is 0 Å². The highest BCUT2D eigenvalue weighted by Crippen LogP contribution is 2.22. The quantitative estimate of drug-likeness (QED) is 0.767. The summed E-state index contributed by atoms with van der Waals surface area (Å²) in [7, 11) is 0. The first-order valence-electron chi connectivity index (χ1n) is 4.86. The topological polar surface area (TPSA) is 49.4 Å². The fraction of sp³-hybridized carbons (Fsp3) is 0.273. The number of urea groups is 1. The van der Waals surface area contributed by atoms with Crippen LogP contribution in [0.1, 0.15) is 6.92 Å². The number of nitrogens with one attached hydrogen (secondary N) is 1. The van der Waals surface area contributed by atoms with Gasteiger partial charge in [0, 0.05) is 5.69 Å². The molecule has 1 aliphatic rings. The zero-order valence-corrected chi connectivity index (χ0v) is 8.74. The molecule has 1 aliphatic heterocycles. The highest BCUT2D eigenvalue weighted by molar-refractivity contribution is 5.98. The summed E-state index contributed by atoms with van der Waals surface area (Å²) >= 11 is 0. The minimum Gasteiger partial charge on any atom is -0.324 e. The lowest BCUT2D eigenvalue weighted by atomic mass is 10.1. The van der Waals surface area contributed by atoms with E-state index in [4.69, 9.17) is 0 Å². The molecule has 0 bridgehead atoms. The molecule has 0 aliphatic carbocycles. The van der Waals surface area contributed by atoms with Gasteiger partial charge in [0.05, 0.1) is 6.54 Å². The number of rotatable bonds is 2. The third-order valence-electron chi connectivity index (χ3n) is 2.52. The minimum absolute atomic E-state index is 0.251. The smallest absolute Gasteiger partial charge is 0.322 e. The van der Waals surface area contributed by atoms with Gasteiger partial charge in [0.1, 0.15) is 17.6 Å². The SMILES string of the molecule is CC1(C=O)CN(c2ccc(F)cc2)C(=O)N1. The molecule has 0 radical (unpaired) electrons. The zero-order chi connectivity index (χ0) is 11.8. The first kappa shape index (κ1) is 10.6. The summed E-state index contributed by atoms with van der Waals surface area (Å²) in [5, 5.41) is 2.57. The molecule has 1 unspecified atom stereocenters. The van der Waals surface area contributed by atoms with E-state index in [0.717, 1.165) is 0 Å². The first-order chi connectivity index (χ1) is 7.54. The van der Waals surface area contributed by atoms with Crippen LogP contribution in [-0.4, -0.2) is 24.4 Å². The molecular weight excluding hydrogens is 211 g/mol. The molecule has 1 aromatic carbocycles. The average Bonchev–Trinajstić information content (AvgIpc) is 2.57. The van der Waals surface area contributed by atoms with Crippen molar-refractivity contribution in [2.24, 2.45) is 0 Å². The van der Waals surface area contributed by atoms with E-state index in [1.54, 1.807) is 6.92 Å². The third kappa shape index (κ3) is 1.76. The van der Waals surface area contributed by atoms with Gasteiger partial charge < -0.3 is 10.1 Å². The normalized spacial score (nSPS) is 24.4. The Bertz CT molecular complexity index is 432. The molecule has 0 spiro atoms. The van der Waals surface area contributed by atoms with Crippen molar-refractivity contribution < 1.29 is 14.0 Å². The molecule has 0 aromatic heterocycles. The largest absolute Gasteiger partial charge is 0.324 e. The van der Waals surface area contributed by atoms with Crippen molar-refractivity contribution in [1.29, 1.82) is 0 Å². The lowest BCUT2D eigenvalue weighted by molar-refractivity contribution is -0.111. The van der Waals surface area contributed by atoms with Crippen LogP contribution in [-0.2, 0) is 4.79 Å². The van der Waals surface area contributed by atoms with Crippen LogP contribution in [0.25, 0.3) is 0 Å². The molecule has 0 saturated carbocycles. The van der Waals surface area contributed by atoms with Gasteiger partial charge in [0.25, 0.3) is 0 Å². The van der Waals surface area contributed by atoms with E-state index in [9.17, 15) is 14.0 Å². The van der Waals surface area contributed by atoms with Crippen LogP contribution < -0.4 is 10.2 Å². The highest BCUT2D eigenvalue weighted by Gasteiger charge is 2.39. The summed E-state index contributed by atoms with van der Waals surface area (Å²) in [6, 6.07) is 5.22. The summed E-state index contributed by atoms with van der Waals surface area (Å²) in [5.74, 6) is -0.360. The number of nitrogens with zero attached hydrogens (tertiary/aromatic N) is 1. The number of anilines is 1. The average molecular weight is 222 g/mol. The molecular formula is C11H11FN2O2. The number of halogens is 1. The monoisotopic (exact) mass is 222 g/mol. The van der Waals surface area contributed by atoms with Crippen molar-refractivity contribution in [3.63, 3.8) is 0 Å². The van der Waals surface area contributed by atoms with Gasteiger partial charge in [-0.25, -0.2) is 9.18 Å². The Morgan fingerprint density at radius 2 is 2.06 bits per heavy atom. The maximum Gasteiger partial charge on any atom is 0.322 e. The van der Waals surface area contributed by atoms with Gasteiger partial charge >= 0.3 is 6.03 Å². The Kier molecular flexibility index (Phi) is 2.38. The number of hydrogen-bond donors (Lipinski definition) is 1. The second-order valence-corrected chi connectivity index (χ2v) is 4.03. The van der Waals surface area contributed by atoms with Crippen LogP contribution >= 0.6 is 0 Å². The van der Waals surface area contributed by atoms with Crippen molar-refractivity contribution in [3.05, 3.63) is 30.1 Å². The van der Waals surface area contributed by atoms with E-state index in [1.807, 2.05) is 0 Å². The van der Waals surface area contributed by atoms with E-state index in [0.29, 0.717) is 12.0 Å².